The second-order valence-electron chi connectivity index (χ2n) is 10.2. The largest absolute Gasteiger partial charge is 0.416 e. The summed E-state index contributed by atoms with van der Waals surface area (Å²) in [5.74, 6) is 0.343. The minimum Gasteiger partial charge on any atom is -0.385 e. The topological polar surface area (TPSA) is 76.8 Å². The van der Waals surface area contributed by atoms with Gasteiger partial charge in [0, 0.05) is 51.9 Å². The van der Waals surface area contributed by atoms with Gasteiger partial charge >= 0.3 is 12.2 Å². The zero-order valence-corrected chi connectivity index (χ0v) is 21.4. The van der Waals surface area contributed by atoms with Crippen LogP contribution in [0, 0.1) is 11.8 Å². The number of rotatable bonds is 11. The third-order valence-electron chi connectivity index (χ3n) is 7.49. The lowest BCUT2D eigenvalue weighted by atomic mass is 9.85. The number of nitrogens with one attached hydrogen (secondary N) is 1. The Morgan fingerprint density at radius 3 is 2.58 bits per heavy atom. The van der Waals surface area contributed by atoms with E-state index in [1.54, 1.807) is 18.1 Å². The maximum atomic E-state index is 13.8. The van der Waals surface area contributed by atoms with Crippen LogP contribution in [0.15, 0.2) is 24.3 Å². The van der Waals surface area contributed by atoms with Crippen LogP contribution in [0.2, 0.25) is 0 Å². The van der Waals surface area contributed by atoms with Crippen LogP contribution < -0.4 is 11.1 Å². The first kappa shape index (κ1) is 28.7. The van der Waals surface area contributed by atoms with E-state index in [4.69, 9.17) is 15.2 Å². The number of piperidine rings is 1. The molecule has 3 atom stereocenters. The summed E-state index contributed by atoms with van der Waals surface area (Å²) in [7, 11) is 1.58. The van der Waals surface area contributed by atoms with Crippen LogP contribution in [0.3, 0.4) is 0 Å². The maximum absolute atomic E-state index is 13.8. The minimum absolute atomic E-state index is 0.0898. The van der Waals surface area contributed by atoms with Crippen molar-refractivity contribution in [3.63, 3.8) is 0 Å². The number of carbonyl (C=O) groups is 1. The molecule has 1 unspecified atom stereocenters. The molecular weight excluding hydrogens is 471 g/mol. The van der Waals surface area contributed by atoms with E-state index in [-0.39, 0.29) is 30.2 Å². The molecule has 6 nitrogen and oxygen atoms in total. The number of carbonyl (C=O) groups excluding carboxylic acids is 1. The first-order valence-electron chi connectivity index (χ1n) is 13.4. The summed E-state index contributed by atoms with van der Waals surface area (Å²) in [6.07, 6.45) is 3.71. The molecule has 1 saturated heterocycles. The van der Waals surface area contributed by atoms with E-state index in [9.17, 15) is 18.0 Å². The van der Waals surface area contributed by atoms with Crippen molar-refractivity contribution in [2.45, 2.75) is 76.1 Å². The second kappa shape index (κ2) is 14.2. The molecule has 36 heavy (non-hydrogen) atoms. The zero-order valence-electron chi connectivity index (χ0n) is 21.4. The van der Waals surface area contributed by atoms with Gasteiger partial charge in [0.2, 0.25) is 0 Å². The molecule has 1 aromatic rings. The van der Waals surface area contributed by atoms with Crippen LogP contribution in [0.1, 0.15) is 75.0 Å². The van der Waals surface area contributed by atoms with Crippen LogP contribution in [0.5, 0.6) is 0 Å². The molecule has 1 aromatic carbocycles. The standard InChI is InChI=1S/C27H42F3N3O3/c1-35-15-8-16-36-25(23-12-5-6-13-24(23)27(28,29)30)21-11-7-14-33(19-21)26(34)32-22(18-31)17-20-9-3-2-4-10-20/h5-6,12-13,20-22,25H,2-4,7-11,14-19,31H2,1H3,(H,32,34)/t21-,22?,25-/m1/s1. The van der Waals surface area contributed by atoms with E-state index < -0.39 is 17.8 Å². The van der Waals surface area contributed by atoms with Crippen molar-refractivity contribution < 1.29 is 27.4 Å². The molecule has 1 aliphatic heterocycles. The van der Waals surface area contributed by atoms with Crippen LogP contribution in [-0.2, 0) is 15.7 Å². The maximum Gasteiger partial charge on any atom is 0.416 e. The molecule has 0 radical (unpaired) electrons. The van der Waals surface area contributed by atoms with Crippen LogP contribution in [0.4, 0.5) is 18.0 Å². The van der Waals surface area contributed by atoms with E-state index in [0.29, 0.717) is 51.4 Å². The molecule has 0 bridgehead atoms. The SMILES string of the molecule is COCCCO[C@@H](c1ccccc1C(F)(F)F)[C@@H]1CCCN(C(=O)NC(CN)CC2CCCCC2)C1. The summed E-state index contributed by atoms with van der Waals surface area (Å²) in [6.45, 7) is 2.04. The average Bonchev–Trinajstić information content (AvgIpc) is 2.88. The molecule has 9 heteroatoms. The Balaban J connectivity index is 1.70. The summed E-state index contributed by atoms with van der Waals surface area (Å²) in [5, 5.41) is 3.10. The van der Waals surface area contributed by atoms with E-state index in [2.05, 4.69) is 5.32 Å². The van der Waals surface area contributed by atoms with Gasteiger partial charge in [-0.15, -0.1) is 0 Å². The highest BCUT2D eigenvalue weighted by Crippen LogP contribution is 2.40. The smallest absolute Gasteiger partial charge is 0.385 e. The lowest BCUT2D eigenvalue weighted by molar-refractivity contribution is -0.140. The van der Waals surface area contributed by atoms with Gasteiger partial charge in [-0.05, 0) is 43.2 Å². The first-order valence-corrected chi connectivity index (χ1v) is 13.4. The van der Waals surface area contributed by atoms with Crippen molar-refractivity contribution >= 4 is 6.03 Å². The fourth-order valence-corrected chi connectivity index (χ4v) is 5.64. The van der Waals surface area contributed by atoms with E-state index >= 15 is 0 Å². The number of urea groups is 1. The molecule has 1 heterocycles. The van der Waals surface area contributed by atoms with Crippen molar-refractivity contribution in [2.75, 3.05) is 40.0 Å². The van der Waals surface area contributed by atoms with Crippen molar-refractivity contribution in [2.24, 2.45) is 17.6 Å². The number of likely N-dealkylation sites (tertiary alicyclic amines) is 1. The number of amides is 2. The third kappa shape index (κ3) is 8.35. The molecule has 2 amide bonds. The number of benzene rings is 1. The zero-order chi connectivity index (χ0) is 26.0. The Morgan fingerprint density at radius 1 is 1.14 bits per heavy atom. The molecular formula is C27H42F3N3O3. The second-order valence-corrected chi connectivity index (χ2v) is 10.2. The summed E-state index contributed by atoms with van der Waals surface area (Å²) < 4.78 is 52.7. The monoisotopic (exact) mass is 513 g/mol. The molecule has 0 spiro atoms. The van der Waals surface area contributed by atoms with Crippen LogP contribution >= 0.6 is 0 Å². The number of methoxy groups -OCH3 is 1. The van der Waals surface area contributed by atoms with E-state index in [0.717, 1.165) is 12.5 Å². The highest BCUT2D eigenvalue weighted by molar-refractivity contribution is 5.74. The van der Waals surface area contributed by atoms with Gasteiger partial charge in [0.05, 0.1) is 11.7 Å². The number of hydrogen-bond donors (Lipinski definition) is 2. The lowest BCUT2D eigenvalue weighted by Crippen LogP contribution is -2.51. The summed E-state index contributed by atoms with van der Waals surface area (Å²) >= 11 is 0. The van der Waals surface area contributed by atoms with E-state index in [1.807, 2.05) is 0 Å². The number of halogens is 3. The Morgan fingerprint density at radius 2 is 1.89 bits per heavy atom. The van der Waals surface area contributed by atoms with Gasteiger partial charge < -0.3 is 25.4 Å². The number of alkyl halides is 3. The molecule has 1 aliphatic carbocycles. The highest BCUT2D eigenvalue weighted by atomic mass is 19.4. The Bertz CT molecular complexity index is 802. The highest BCUT2D eigenvalue weighted by Gasteiger charge is 2.39. The van der Waals surface area contributed by atoms with Gasteiger partial charge in [-0.2, -0.15) is 13.2 Å². The Labute approximate surface area is 213 Å². The first-order chi connectivity index (χ1) is 17.3. The summed E-state index contributed by atoms with van der Waals surface area (Å²) in [6, 6.07) is 5.33. The minimum atomic E-state index is -4.48. The molecule has 2 fully saturated rings. The van der Waals surface area contributed by atoms with Gasteiger partial charge in [-0.3, -0.25) is 0 Å². The van der Waals surface area contributed by atoms with Gasteiger partial charge in [-0.1, -0.05) is 50.3 Å². The number of nitrogens with zero attached hydrogens (tertiary/aromatic N) is 1. The predicted molar refractivity (Wildman–Crippen MR) is 133 cm³/mol. The predicted octanol–water partition coefficient (Wildman–Crippen LogP) is 5.52. The number of nitrogens with two attached hydrogens (primary N) is 1. The Hall–Kier alpha value is -1.84. The van der Waals surface area contributed by atoms with Crippen LogP contribution in [0.25, 0.3) is 0 Å². The fraction of sp³-hybridized carbons (Fsp3) is 0.741. The van der Waals surface area contributed by atoms with Gasteiger partial charge in [-0.25, -0.2) is 4.79 Å². The normalized spacial score (nSPS) is 21.2. The van der Waals surface area contributed by atoms with Crippen molar-refractivity contribution in [3.8, 4) is 0 Å². The molecule has 204 valence electrons. The average molecular weight is 514 g/mol. The van der Waals surface area contributed by atoms with E-state index in [1.165, 1.54) is 44.2 Å². The lowest BCUT2D eigenvalue weighted by Gasteiger charge is -2.38. The van der Waals surface area contributed by atoms with Crippen molar-refractivity contribution in [1.29, 1.82) is 0 Å². The van der Waals surface area contributed by atoms with Crippen LogP contribution in [-0.4, -0.2) is 56.9 Å². The quantitative estimate of drug-likeness (QED) is 0.382. The summed E-state index contributed by atoms with van der Waals surface area (Å²) in [5.41, 5.74) is 5.44. The molecule has 2 aliphatic rings. The number of hydrogen-bond acceptors (Lipinski definition) is 4. The van der Waals surface area contributed by atoms with Gasteiger partial charge in [0.15, 0.2) is 0 Å². The summed E-state index contributed by atoms with van der Waals surface area (Å²) in [4.78, 5) is 14.9. The van der Waals surface area contributed by atoms with Crippen molar-refractivity contribution in [3.05, 3.63) is 35.4 Å². The number of ether oxygens (including phenoxy) is 2. The molecule has 1 saturated carbocycles. The fourth-order valence-electron chi connectivity index (χ4n) is 5.64. The molecule has 3 rings (SSSR count). The van der Waals surface area contributed by atoms with Gasteiger partial charge in [0.25, 0.3) is 0 Å². The molecule has 0 aromatic heterocycles. The molecule has 3 N–H and O–H groups in total. The van der Waals surface area contributed by atoms with Gasteiger partial charge in [0.1, 0.15) is 0 Å². The van der Waals surface area contributed by atoms with Crippen molar-refractivity contribution in [1.82, 2.24) is 10.2 Å². The third-order valence-corrected chi connectivity index (χ3v) is 7.49. The Kier molecular flexibility index (Phi) is 11.3.